The molecule has 2 heterocycles. The SMILES string of the molecule is Cc1cc(C(=O)NCc2csc(=O)[nH]2)cc(NN)n1. The van der Waals surface area contributed by atoms with Crippen LogP contribution in [0, 0.1) is 6.92 Å². The van der Waals surface area contributed by atoms with Crippen LogP contribution < -0.4 is 21.5 Å². The Hall–Kier alpha value is -2.19. The molecule has 0 radical (unpaired) electrons. The minimum Gasteiger partial charge on any atom is -0.346 e. The highest BCUT2D eigenvalue weighted by Gasteiger charge is 2.08. The summed E-state index contributed by atoms with van der Waals surface area (Å²) in [7, 11) is 0. The van der Waals surface area contributed by atoms with Crippen molar-refractivity contribution in [3.05, 3.63) is 44.1 Å². The van der Waals surface area contributed by atoms with Gasteiger partial charge in [0.1, 0.15) is 5.82 Å². The van der Waals surface area contributed by atoms with E-state index in [9.17, 15) is 9.59 Å². The number of aryl methyl sites for hydroxylation is 1. The number of carbonyl (C=O) groups excluding carboxylic acids is 1. The molecule has 0 bridgehead atoms. The summed E-state index contributed by atoms with van der Waals surface area (Å²) in [5.41, 5.74) is 4.22. The lowest BCUT2D eigenvalue weighted by Gasteiger charge is -2.07. The number of hydrogen-bond donors (Lipinski definition) is 4. The number of hydrogen-bond acceptors (Lipinski definition) is 6. The summed E-state index contributed by atoms with van der Waals surface area (Å²) in [5, 5.41) is 4.38. The van der Waals surface area contributed by atoms with Gasteiger partial charge in [-0.25, -0.2) is 10.8 Å². The first-order valence-electron chi connectivity index (χ1n) is 5.48. The molecule has 0 fully saturated rings. The Kier molecular flexibility index (Phi) is 3.93. The molecule has 0 saturated carbocycles. The Morgan fingerprint density at radius 1 is 1.53 bits per heavy atom. The molecule has 0 atom stereocenters. The number of aromatic nitrogens is 2. The quantitative estimate of drug-likeness (QED) is 0.476. The largest absolute Gasteiger partial charge is 0.346 e. The fraction of sp³-hybridized carbons (Fsp3) is 0.182. The molecule has 0 spiro atoms. The Balaban J connectivity index is 2.07. The number of nitrogens with zero attached hydrogens (tertiary/aromatic N) is 1. The van der Waals surface area contributed by atoms with Crippen LogP contribution in [0.1, 0.15) is 21.7 Å². The zero-order valence-electron chi connectivity index (χ0n) is 10.2. The van der Waals surface area contributed by atoms with Crippen molar-refractivity contribution in [1.82, 2.24) is 15.3 Å². The summed E-state index contributed by atoms with van der Waals surface area (Å²) in [6.45, 7) is 2.04. The zero-order chi connectivity index (χ0) is 13.8. The number of thiazole rings is 1. The van der Waals surface area contributed by atoms with Gasteiger partial charge in [-0.3, -0.25) is 9.59 Å². The van der Waals surface area contributed by atoms with Gasteiger partial charge in [0.05, 0.1) is 6.54 Å². The molecule has 0 aliphatic rings. The maximum atomic E-state index is 11.9. The maximum Gasteiger partial charge on any atom is 0.304 e. The molecule has 0 aliphatic carbocycles. The number of carbonyl (C=O) groups is 1. The second-order valence-electron chi connectivity index (χ2n) is 3.88. The molecule has 8 heteroatoms. The van der Waals surface area contributed by atoms with Gasteiger partial charge in [0.25, 0.3) is 5.91 Å². The van der Waals surface area contributed by atoms with E-state index in [1.165, 1.54) is 0 Å². The molecule has 0 saturated heterocycles. The molecule has 0 unspecified atom stereocenters. The van der Waals surface area contributed by atoms with Crippen molar-refractivity contribution >= 4 is 23.1 Å². The second kappa shape index (κ2) is 5.63. The van der Waals surface area contributed by atoms with Crippen molar-refractivity contribution in [2.75, 3.05) is 5.43 Å². The van der Waals surface area contributed by atoms with E-state index in [0.29, 0.717) is 22.8 Å². The lowest BCUT2D eigenvalue weighted by atomic mass is 10.2. The van der Waals surface area contributed by atoms with E-state index in [0.717, 1.165) is 11.3 Å². The van der Waals surface area contributed by atoms with E-state index in [4.69, 9.17) is 5.84 Å². The summed E-state index contributed by atoms with van der Waals surface area (Å²) in [5.74, 6) is 5.44. The van der Waals surface area contributed by atoms with Gasteiger partial charge in [0, 0.05) is 22.3 Å². The minimum atomic E-state index is -0.256. The monoisotopic (exact) mass is 279 g/mol. The van der Waals surface area contributed by atoms with E-state index in [-0.39, 0.29) is 17.3 Å². The highest BCUT2D eigenvalue weighted by molar-refractivity contribution is 7.07. The van der Waals surface area contributed by atoms with Gasteiger partial charge < -0.3 is 15.7 Å². The Morgan fingerprint density at radius 3 is 2.95 bits per heavy atom. The summed E-state index contributed by atoms with van der Waals surface area (Å²) in [6, 6.07) is 3.21. The smallest absolute Gasteiger partial charge is 0.304 e. The number of anilines is 1. The molecule has 19 heavy (non-hydrogen) atoms. The first-order chi connectivity index (χ1) is 9.08. The number of nitrogen functional groups attached to an aromatic ring is 1. The third-order valence-electron chi connectivity index (χ3n) is 2.37. The van der Waals surface area contributed by atoms with Crippen molar-refractivity contribution < 1.29 is 4.79 Å². The molecular weight excluding hydrogens is 266 g/mol. The molecule has 2 aromatic rings. The van der Waals surface area contributed by atoms with Gasteiger partial charge in [-0.15, -0.1) is 0 Å². The van der Waals surface area contributed by atoms with Crippen molar-refractivity contribution in [3.8, 4) is 0 Å². The van der Waals surface area contributed by atoms with E-state index in [1.54, 1.807) is 24.4 Å². The van der Waals surface area contributed by atoms with Crippen LogP contribution in [0.4, 0.5) is 5.82 Å². The van der Waals surface area contributed by atoms with Crippen LogP contribution in [0.15, 0.2) is 22.3 Å². The topological polar surface area (TPSA) is 113 Å². The molecule has 2 rings (SSSR count). The van der Waals surface area contributed by atoms with Crippen LogP contribution in [-0.4, -0.2) is 15.9 Å². The number of pyridine rings is 1. The molecule has 5 N–H and O–H groups in total. The fourth-order valence-electron chi connectivity index (χ4n) is 1.55. The zero-order valence-corrected chi connectivity index (χ0v) is 11.0. The number of amides is 1. The fourth-order valence-corrected chi connectivity index (χ4v) is 2.13. The third kappa shape index (κ3) is 3.39. The lowest BCUT2D eigenvalue weighted by molar-refractivity contribution is 0.0950. The maximum absolute atomic E-state index is 11.9. The Labute approximate surface area is 112 Å². The number of H-pyrrole nitrogens is 1. The molecule has 7 nitrogen and oxygen atoms in total. The Bertz CT molecular complexity index is 649. The average Bonchev–Trinajstić information content (AvgIpc) is 2.81. The normalized spacial score (nSPS) is 10.2. The van der Waals surface area contributed by atoms with Gasteiger partial charge in [-0.05, 0) is 19.1 Å². The molecule has 100 valence electrons. The molecular formula is C11H13N5O2S. The molecule has 0 aromatic carbocycles. The minimum absolute atomic E-state index is 0.140. The lowest BCUT2D eigenvalue weighted by Crippen LogP contribution is -2.24. The van der Waals surface area contributed by atoms with Crippen LogP contribution in [0.3, 0.4) is 0 Å². The van der Waals surface area contributed by atoms with E-state index < -0.39 is 0 Å². The number of aromatic amines is 1. The highest BCUT2D eigenvalue weighted by Crippen LogP contribution is 2.09. The number of nitrogens with one attached hydrogen (secondary N) is 3. The number of rotatable bonds is 4. The van der Waals surface area contributed by atoms with Gasteiger partial charge in [0.2, 0.25) is 0 Å². The third-order valence-corrected chi connectivity index (χ3v) is 3.09. The summed E-state index contributed by atoms with van der Waals surface area (Å²) >= 11 is 1.06. The van der Waals surface area contributed by atoms with Gasteiger partial charge >= 0.3 is 4.87 Å². The summed E-state index contributed by atoms with van der Waals surface area (Å²) in [6.07, 6.45) is 0. The van der Waals surface area contributed by atoms with Crippen molar-refractivity contribution in [2.45, 2.75) is 13.5 Å². The molecule has 2 aromatic heterocycles. The van der Waals surface area contributed by atoms with E-state index in [2.05, 4.69) is 20.7 Å². The predicted molar refractivity (Wildman–Crippen MR) is 72.9 cm³/mol. The van der Waals surface area contributed by atoms with Crippen LogP contribution >= 0.6 is 11.3 Å². The van der Waals surface area contributed by atoms with E-state index in [1.807, 2.05) is 0 Å². The first kappa shape index (κ1) is 13.2. The van der Waals surface area contributed by atoms with E-state index >= 15 is 0 Å². The molecule has 1 amide bonds. The second-order valence-corrected chi connectivity index (χ2v) is 4.73. The van der Waals surface area contributed by atoms with Gasteiger partial charge in [0.15, 0.2) is 0 Å². The first-order valence-corrected chi connectivity index (χ1v) is 6.36. The molecule has 0 aliphatic heterocycles. The standard InChI is InChI=1S/C11H13N5O2S/c1-6-2-7(3-9(14-6)16-12)10(17)13-4-8-5-19-11(18)15-8/h2-3,5H,4,12H2,1H3,(H,13,17)(H,14,16)(H,15,18). The van der Waals surface area contributed by atoms with Gasteiger partial charge in [-0.2, -0.15) is 0 Å². The number of nitrogens with two attached hydrogens (primary N) is 1. The van der Waals surface area contributed by atoms with Crippen molar-refractivity contribution in [1.29, 1.82) is 0 Å². The Morgan fingerprint density at radius 2 is 2.32 bits per heavy atom. The van der Waals surface area contributed by atoms with Gasteiger partial charge in [-0.1, -0.05) is 11.3 Å². The average molecular weight is 279 g/mol. The number of hydrazine groups is 1. The van der Waals surface area contributed by atoms with Crippen LogP contribution in [0.2, 0.25) is 0 Å². The van der Waals surface area contributed by atoms with Crippen LogP contribution in [0.5, 0.6) is 0 Å². The van der Waals surface area contributed by atoms with Crippen molar-refractivity contribution in [2.24, 2.45) is 5.84 Å². The summed E-state index contributed by atoms with van der Waals surface area (Å²) in [4.78, 5) is 29.5. The highest BCUT2D eigenvalue weighted by atomic mass is 32.1. The summed E-state index contributed by atoms with van der Waals surface area (Å²) < 4.78 is 0. The predicted octanol–water partition coefficient (Wildman–Crippen LogP) is 0.355. The van der Waals surface area contributed by atoms with Crippen molar-refractivity contribution in [3.63, 3.8) is 0 Å². The van der Waals surface area contributed by atoms with Crippen LogP contribution in [-0.2, 0) is 6.54 Å². The van der Waals surface area contributed by atoms with Crippen LogP contribution in [0.25, 0.3) is 0 Å².